The molecule has 2 aromatic rings. The molecule has 0 aliphatic rings. The number of nitrogens with zero attached hydrogens (tertiary/aromatic N) is 2. The highest BCUT2D eigenvalue weighted by atomic mass is 32.2. The fraction of sp³-hybridized carbons (Fsp3) is 0.267. The molecule has 1 heterocycles. The van der Waals surface area contributed by atoms with Crippen LogP contribution in [0.2, 0.25) is 0 Å². The Morgan fingerprint density at radius 3 is 2.62 bits per heavy atom. The third kappa shape index (κ3) is 4.05. The van der Waals surface area contributed by atoms with E-state index in [1.54, 1.807) is 0 Å². The number of sulfone groups is 1. The van der Waals surface area contributed by atoms with E-state index in [1.165, 1.54) is 12.1 Å². The van der Waals surface area contributed by atoms with Gasteiger partial charge in [-0.1, -0.05) is 6.92 Å². The van der Waals surface area contributed by atoms with Crippen LogP contribution in [0.25, 0.3) is 0 Å². The molecule has 9 heteroatoms. The van der Waals surface area contributed by atoms with Gasteiger partial charge in [-0.05, 0) is 30.7 Å². The maximum Gasteiger partial charge on any atom is 0.276 e. The summed E-state index contributed by atoms with van der Waals surface area (Å²) in [5.41, 5.74) is -0.705. The fourth-order valence-corrected chi connectivity index (χ4v) is 2.61. The summed E-state index contributed by atoms with van der Waals surface area (Å²) in [4.78, 5) is 23.7. The first-order valence-corrected chi connectivity index (χ1v) is 9.00. The lowest BCUT2D eigenvalue weighted by Crippen LogP contribution is -2.26. The molecule has 0 unspecified atom stereocenters. The summed E-state index contributed by atoms with van der Waals surface area (Å²) in [5, 5.41) is 6.18. The fourth-order valence-electron chi connectivity index (χ4n) is 1.96. The zero-order valence-electron chi connectivity index (χ0n) is 13.1. The molecule has 0 atom stereocenters. The van der Waals surface area contributed by atoms with Crippen LogP contribution >= 0.6 is 0 Å². The molecule has 0 bridgehead atoms. The Balaban J connectivity index is 2.33. The summed E-state index contributed by atoms with van der Waals surface area (Å²) >= 11 is 0. The second-order valence-electron chi connectivity index (χ2n) is 5.15. The molecule has 0 fully saturated rings. The van der Waals surface area contributed by atoms with E-state index in [2.05, 4.69) is 10.4 Å². The highest BCUT2D eigenvalue weighted by molar-refractivity contribution is 7.90. The standard InChI is InChI=1S/C15H16FN3O4S/c1-3-8-19-14(20)7-6-12(18-19)15(21)17-13-9-10(24(2,22)23)4-5-11(13)16/h4-7,9H,3,8H2,1-2H3,(H,17,21). The van der Waals surface area contributed by atoms with Crippen LogP contribution in [0, 0.1) is 5.82 Å². The molecule has 1 aromatic heterocycles. The normalized spacial score (nSPS) is 11.3. The van der Waals surface area contributed by atoms with E-state index in [0.717, 1.165) is 29.1 Å². The third-order valence-electron chi connectivity index (χ3n) is 3.15. The molecule has 2 rings (SSSR count). The van der Waals surface area contributed by atoms with Gasteiger partial charge in [0, 0.05) is 18.9 Å². The Morgan fingerprint density at radius 1 is 1.29 bits per heavy atom. The van der Waals surface area contributed by atoms with Crippen molar-refractivity contribution in [3.63, 3.8) is 0 Å². The molecule has 1 amide bonds. The van der Waals surface area contributed by atoms with Crippen molar-refractivity contribution in [2.24, 2.45) is 0 Å². The van der Waals surface area contributed by atoms with E-state index in [-0.39, 0.29) is 21.8 Å². The zero-order valence-corrected chi connectivity index (χ0v) is 13.9. The summed E-state index contributed by atoms with van der Waals surface area (Å²) in [6.45, 7) is 2.20. The number of aryl methyl sites for hydroxylation is 1. The van der Waals surface area contributed by atoms with Crippen molar-refractivity contribution in [1.29, 1.82) is 0 Å². The Labute approximate surface area is 138 Å². The molecular formula is C15H16FN3O4S. The predicted octanol–water partition coefficient (Wildman–Crippen LogP) is 1.45. The Bertz CT molecular complexity index is 938. The van der Waals surface area contributed by atoms with E-state index in [0.29, 0.717) is 13.0 Å². The van der Waals surface area contributed by atoms with Crippen molar-refractivity contribution < 1.29 is 17.6 Å². The first-order valence-electron chi connectivity index (χ1n) is 7.11. The zero-order chi connectivity index (χ0) is 17.9. The number of carbonyl (C=O) groups excluding carboxylic acids is 1. The average molecular weight is 353 g/mol. The van der Waals surface area contributed by atoms with Crippen molar-refractivity contribution in [1.82, 2.24) is 9.78 Å². The molecule has 7 nitrogen and oxygen atoms in total. The first kappa shape index (κ1) is 17.8. The lowest BCUT2D eigenvalue weighted by Gasteiger charge is -2.09. The van der Waals surface area contributed by atoms with Crippen molar-refractivity contribution in [2.75, 3.05) is 11.6 Å². The number of benzene rings is 1. The molecule has 128 valence electrons. The highest BCUT2D eigenvalue weighted by Gasteiger charge is 2.15. The first-order chi connectivity index (χ1) is 11.2. The summed E-state index contributed by atoms with van der Waals surface area (Å²) < 4.78 is 38.0. The molecule has 1 N–H and O–H groups in total. The molecule has 0 aliphatic heterocycles. The maximum absolute atomic E-state index is 13.8. The SMILES string of the molecule is CCCn1nc(C(=O)Nc2cc(S(C)(=O)=O)ccc2F)ccc1=O. The smallest absolute Gasteiger partial charge is 0.276 e. The van der Waals surface area contributed by atoms with Gasteiger partial charge < -0.3 is 5.32 Å². The van der Waals surface area contributed by atoms with Gasteiger partial charge in [0.15, 0.2) is 9.84 Å². The highest BCUT2D eigenvalue weighted by Crippen LogP contribution is 2.20. The van der Waals surface area contributed by atoms with E-state index in [1.807, 2.05) is 6.92 Å². The molecule has 0 radical (unpaired) electrons. The van der Waals surface area contributed by atoms with Gasteiger partial charge in [-0.2, -0.15) is 5.10 Å². The summed E-state index contributed by atoms with van der Waals surface area (Å²) in [6, 6.07) is 5.52. The van der Waals surface area contributed by atoms with Crippen molar-refractivity contribution in [2.45, 2.75) is 24.8 Å². The number of rotatable bonds is 5. The second-order valence-corrected chi connectivity index (χ2v) is 7.16. The Kier molecular flexibility index (Phi) is 5.13. The molecular weight excluding hydrogens is 337 g/mol. The lowest BCUT2D eigenvalue weighted by atomic mass is 10.3. The van der Waals surface area contributed by atoms with Gasteiger partial charge in [0.2, 0.25) is 0 Å². The number of hydrogen-bond donors (Lipinski definition) is 1. The molecule has 0 spiro atoms. The van der Waals surface area contributed by atoms with Crippen LogP contribution in [0.15, 0.2) is 40.0 Å². The largest absolute Gasteiger partial charge is 0.318 e. The summed E-state index contributed by atoms with van der Waals surface area (Å²) in [6.07, 6.45) is 1.64. The number of nitrogens with one attached hydrogen (secondary N) is 1. The van der Waals surface area contributed by atoms with E-state index >= 15 is 0 Å². The number of carbonyl (C=O) groups is 1. The van der Waals surface area contributed by atoms with Gasteiger partial charge >= 0.3 is 0 Å². The van der Waals surface area contributed by atoms with Gasteiger partial charge in [0.25, 0.3) is 11.5 Å². The van der Waals surface area contributed by atoms with Crippen LogP contribution in [0.3, 0.4) is 0 Å². The number of anilines is 1. The second kappa shape index (κ2) is 6.91. The molecule has 24 heavy (non-hydrogen) atoms. The Hall–Kier alpha value is -2.55. The number of halogens is 1. The van der Waals surface area contributed by atoms with Crippen LogP contribution in [-0.2, 0) is 16.4 Å². The maximum atomic E-state index is 13.8. The van der Waals surface area contributed by atoms with Crippen molar-refractivity contribution in [3.05, 3.63) is 52.2 Å². The average Bonchev–Trinajstić information content (AvgIpc) is 2.50. The van der Waals surface area contributed by atoms with Crippen molar-refractivity contribution >= 4 is 21.4 Å². The van der Waals surface area contributed by atoms with E-state index in [9.17, 15) is 22.4 Å². The molecule has 0 saturated heterocycles. The van der Waals surface area contributed by atoms with Gasteiger partial charge in [-0.15, -0.1) is 0 Å². The lowest BCUT2D eigenvalue weighted by molar-refractivity contribution is 0.101. The van der Waals surface area contributed by atoms with Gasteiger partial charge in [0.05, 0.1) is 10.6 Å². The molecule has 0 saturated carbocycles. The van der Waals surface area contributed by atoms with Gasteiger partial charge in [-0.25, -0.2) is 17.5 Å². The minimum Gasteiger partial charge on any atom is -0.318 e. The van der Waals surface area contributed by atoms with E-state index < -0.39 is 21.6 Å². The van der Waals surface area contributed by atoms with Gasteiger partial charge in [0.1, 0.15) is 11.5 Å². The minimum absolute atomic E-state index is 0.0767. The van der Waals surface area contributed by atoms with Crippen molar-refractivity contribution in [3.8, 4) is 0 Å². The van der Waals surface area contributed by atoms with Crippen LogP contribution < -0.4 is 10.9 Å². The Morgan fingerprint density at radius 2 is 2.00 bits per heavy atom. The van der Waals surface area contributed by atoms with Crippen LogP contribution in [0.4, 0.5) is 10.1 Å². The van der Waals surface area contributed by atoms with Crippen LogP contribution in [0.1, 0.15) is 23.8 Å². The quantitative estimate of drug-likeness (QED) is 0.821. The van der Waals surface area contributed by atoms with Crippen LogP contribution in [-0.4, -0.2) is 30.4 Å². The topological polar surface area (TPSA) is 98.1 Å². The number of aromatic nitrogens is 2. The predicted molar refractivity (Wildman–Crippen MR) is 86.3 cm³/mol. The number of amides is 1. The monoisotopic (exact) mass is 353 g/mol. The van der Waals surface area contributed by atoms with Gasteiger partial charge in [-0.3, -0.25) is 9.59 Å². The minimum atomic E-state index is -3.54. The molecule has 0 aliphatic carbocycles. The number of hydrogen-bond acceptors (Lipinski definition) is 5. The third-order valence-corrected chi connectivity index (χ3v) is 4.26. The van der Waals surface area contributed by atoms with Crippen LogP contribution in [0.5, 0.6) is 0 Å². The molecule has 1 aromatic carbocycles. The summed E-state index contributed by atoms with van der Waals surface area (Å²) in [5.74, 6) is -1.53. The van der Waals surface area contributed by atoms with E-state index in [4.69, 9.17) is 0 Å². The summed E-state index contributed by atoms with van der Waals surface area (Å²) in [7, 11) is -3.54.